The third-order valence-electron chi connectivity index (χ3n) is 2.50. The molecule has 0 amide bonds. The van der Waals surface area contributed by atoms with Crippen LogP contribution in [0, 0.1) is 5.92 Å². The summed E-state index contributed by atoms with van der Waals surface area (Å²) in [6, 6.07) is 0. The summed E-state index contributed by atoms with van der Waals surface area (Å²) in [4.78, 5) is 0. The maximum atomic E-state index is 11.7. The summed E-state index contributed by atoms with van der Waals surface area (Å²) in [5.74, 6) is 0.787. The summed E-state index contributed by atoms with van der Waals surface area (Å²) in [5, 5.41) is 5.40. The van der Waals surface area contributed by atoms with Gasteiger partial charge in [-0.2, -0.15) is 13.2 Å². The van der Waals surface area contributed by atoms with Crippen molar-refractivity contribution < 1.29 is 17.9 Å². The lowest BCUT2D eigenvalue weighted by Crippen LogP contribution is -2.34. The number of nitrogens with one attached hydrogen (secondary N) is 2. The molecule has 0 aromatic heterocycles. The third kappa shape index (κ3) is 10.5. The molecule has 1 fully saturated rings. The normalized spacial score (nSPS) is 16.4. The van der Waals surface area contributed by atoms with Crippen molar-refractivity contribution in [2.45, 2.75) is 25.4 Å². The van der Waals surface area contributed by atoms with Gasteiger partial charge in [0.15, 0.2) is 0 Å². The number of halogens is 3. The molecule has 2 N–H and O–H groups in total. The van der Waals surface area contributed by atoms with Gasteiger partial charge in [0.25, 0.3) is 0 Å². The molecule has 102 valence electrons. The van der Waals surface area contributed by atoms with Crippen molar-refractivity contribution >= 4 is 0 Å². The largest absolute Gasteiger partial charge is 0.401 e. The summed E-state index contributed by atoms with van der Waals surface area (Å²) in [7, 11) is 0. The predicted octanol–water partition coefficient (Wildman–Crippen LogP) is 1.54. The van der Waals surface area contributed by atoms with Gasteiger partial charge in [-0.05, 0) is 31.7 Å². The highest BCUT2D eigenvalue weighted by Crippen LogP contribution is 2.28. The average molecular weight is 254 g/mol. The second kappa shape index (κ2) is 7.89. The third-order valence-corrected chi connectivity index (χ3v) is 2.50. The van der Waals surface area contributed by atoms with Crippen LogP contribution in [0.4, 0.5) is 13.2 Å². The monoisotopic (exact) mass is 254 g/mol. The van der Waals surface area contributed by atoms with E-state index >= 15 is 0 Å². The van der Waals surface area contributed by atoms with Crippen LogP contribution >= 0.6 is 0 Å². The minimum Gasteiger partial charge on any atom is -0.381 e. The minimum atomic E-state index is -4.11. The fraction of sp³-hybridized carbons (Fsp3) is 1.00. The van der Waals surface area contributed by atoms with E-state index in [0.29, 0.717) is 13.1 Å². The highest BCUT2D eigenvalue weighted by Gasteiger charge is 2.25. The van der Waals surface area contributed by atoms with Gasteiger partial charge < -0.3 is 15.4 Å². The molecule has 0 aliphatic heterocycles. The van der Waals surface area contributed by atoms with Gasteiger partial charge in [0.05, 0.1) is 6.54 Å². The zero-order chi connectivity index (χ0) is 12.6. The van der Waals surface area contributed by atoms with E-state index in [4.69, 9.17) is 4.74 Å². The predicted molar refractivity (Wildman–Crippen MR) is 60.0 cm³/mol. The van der Waals surface area contributed by atoms with Crippen LogP contribution in [0.2, 0.25) is 0 Å². The number of rotatable bonds is 10. The molecule has 1 aliphatic rings. The highest BCUT2D eigenvalue weighted by atomic mass is 19.4. The maximum Gasteiger partial charge on any atom is 0.401 e. The van der Waals surface area contributed by atoms with Gasteiger partial charge >= 0.3 is 6.18 Å². The molecule has 0 heterocycles. The Hall–Kier alpha value is -0.330. The Kier molecular flexibility index (Phi) is 6.84. The van der Waals surface area contributed by atoms with Crippen molar-refractivity contribution in [2.24, 2.45) is 5.92 Å². The van der Waals surface area contributed by atoms with Crippen LogP contribution in [-0.2, 0) is 4.74 Å². The average Bonchev–Trinajstić information content (AvgIpc) is 3.03. The summed E-state index contributed by atoms with van der Waals surface area (Å²) in [5.41, 5.74) is 0. The molecule has 0 unspecified atom stereocenters. The fourth-order valence-electron chi connectivity index (χ4n) is 1.37. The minimum absolute atomic E-state index is 0.336. The fourth-order valence-corrected chi connectivity index (χ4v) is 1.37. The Morgan fingerprint density at radius 1 is 1.06 bits per heavy atom. The van der Waals surface area contributed by atoms with Crippen molar-refractivity contribution in [3.05, 3.63) is 0 Å². The molecule has 0 spiro atoms. The Morgan fingerprint density at radius 2 is 1.76 bits per heavy atom. The van der Waals surface area contributed by atoms with Gasteiger partial charge in [-0.3, -0.25) is 0 Å². The number of hydrogen-bond acceptors (Lipinski definition) is 3. The summed E-state index contributed by atoms with van der Waals surface area (Å²) in [6.45, 7) is 2.37. The first-order valence-electron chi connectivity index (χ1n) is 6.14. The second-order valence-corrected chi connectivity index (χ2v) is 4.41. The molecule has 0 radical (unpaired) electrons. The first kappa shape index (κ1) is 14.7. The molecule has 17 heavy (non-hydrogen) atoms. The lowest BCUT2D eigenvalue weighted by Gasteiger charge is -2.09. The zero-order valence-corrected chi connectivity index (χ0v) is 9.98. The van der Waals surface area contributed by atoms with E-state index in [-0.39, 0.29) is 0 Å². The zero-order valence-electron chi connectivity index (χ0n) is 9.98. The molecule has 1 aliphatic carbocycles. The van der Waals surface area contributed by atoms with Gasteiger partial charge in [0, 0.05) is 26.3 Å². The molecule has 0 atom stereocenters. The SMILES string of the molecule is FC(F)(F)CNCCNCCCOCC1CC1. The quantitative estimate of drug-likeness (QED) is 0.580. The van der Waals surface area contributed by atoms with E-state index in [1.807, 2.05) is 0 Å². The molecular formula is C11H21F3N2O. The number of hydrogen-bond donors (Lipinski definition) is 2. The van der Waals surface area contributed by atoms with Crippen molar-refractivity contribution in [3.8, 4) is 0 Å². The van der Waals surface area contributed by atoms with Crippen LogP contribution in [0.25, 0.3) is 0 Å². The Labute approximate surface area is 100 Å². The lowest BCUT2D eigenvalue weighted by atomic mass is 10.4. The molecule has 1 saturated carbocycles. The van der Waals surface area contributed by atoms with Crippen molar-refractivity contribution in [2.75, 3.05) is 39.4 Å². The maximum absolute atomic E-state index is 11.7. The van der Waals surface area contributed by atoms with E-state index in [2.05, 4.69) is 10.6 Å². The van der Waals surface area contributed by atoms with Crippen molar-refractivity contribution in [1.29, 1.82) is 0 Å². The van der Waals surface area contributed by atoms with E-state index in [0.717, 1.165) is 32.1 Å². The molecule has 0 saturated heterocycles. The summed E-state index contributed by atoms with van der Waals surface area (Å²) in [6.07, 6.45) is -0.616. The van der Waals surface area contributed by atoms with Crippen molar-refractivity contribution in [3.63, 3.8) is 0 Å². The Morgan fingerprint density at radius 3 is 2.41 bits per heavy atom. The van der Waals surface area contributed by atoms with Crippen LogP contribution in [0.15, 0.2) is 0 Å². The number of alkyl halides is 3. The first-order valence-corrected chi connectivity index (χ1v) is 6.14. The van der Waals surface area contributed by atoms with Gasteiger partial charge in [0.1, 0.15) is 0 Å². The van der Waals surface area contributed by atoms with E-state index < -0.39 is 12.7 Å². The van der Waals surface area contributed by atoms with Gasteiger partial charge in [0.2, 0.25) is 0 Å². The van der Waals surface area contributed by atoms with Crippen molar-refractivity contribution in [1.82, 2.24) is 10.6 Å². The standard InChI is InChI=1S/C11H21F3N2O/c12-11(13,14)9-16-6-5-15-4-1-7-17-8-10-2-3-10/h10,15-16H,1-9H2. The smallest absolute Gasteiger partial charge is 0.381 e. The van der Waals surface area contributed by atoms with Crippen LogP contribution in [0.3, 0.4) is 0 Å². The Bertz CT molecular complexity index is 196. The molecule has 6 heteroatoms. The van der Waals surface area contributed by atoms with Crippen LogP contribution in [0.1, 0.15) is 19.3 Å². The molecule has 0 bridgehead atoms. The molecular weight excluding hydrogens is 233 g/mol. The van der Waals surface area contributed by atoms with E-state index in [1.165, 1.54) is 12.8 Å². The summed E-state index contributed by atoms with van der Waals surface area (Å²) < 4.78 is 40.6. The van der Waals surface area contributed by atoms with E-state index in [1.54, 1.807) is 0 Å². The molecule has 3 nitrogen and oxygen atoms in total. The summed E-state index contributed by atoms with van der Waals surface area (Å²) >= 11 is 0. The first-order chi connectivity index (χ1) is 8.08. The second-order valence-electron chi connectivity index (χ2n) is 4.41. The Balaban J connectivity index is 1.69. The molecule has 0 aromatic carbocycles. The molecule has 0 aromatic rings. The van der Waals surface area contributed by atoms with Gasteiger partial charge in [-0.15, -0.1) is 0 Å². The topological polar surface area (TPSA) is 33.3 Å². The highest BCUT2D eigenvalue weighted by molar-refractivity contribution is 4.71. The number of ether oxygens (including phenoxy) is 1. The van der Waals surface area contributed by atoms with Crippen LogP contribution < -0.4 is 10.6 Å². The van der Waals surface area contributed by atoms with Crippen LogP contribution in [-0.4, -0.2) is 45.6 Å². The van der Waals surface area contributed by atoms with Gasteiger partial charge in [-0.1, -0.05) is 0 Å². The lowest BCUT2D eigenvalue weighted by molar-refractivity contribution is -0.124. The van der Waals surface area contributed by atoms with Crippen LogP contribution in [0.5, 0.6) is 0 Å². The van der Waals surface area contributed by atoms with Gasteiger partial charge in [-0.25, -0.2) is 0 Å². The van der Waals surface area contributed by atoms with E-state index in [9.17, 15) is 13.2 Å². The molecule has 1 rings (SSSR count).